The molecule has 0 spiro atoms. The van der Waals surface area contributed by atoms with Crippen molar-refractivity contribution in [2.75, 3.05) is 32.5 Å². The Bertz CT molecular complexity index is 590. The Morgan fingerprint density at radius 2 is 2.00 bits per heavy atom. The van der Waals surface area contributed by atoms with Crippen LogP contribution in [0.2, 0.25) is 0 Å². The van der Waals surface area contributed by atoms with Crippen molar-refractivity contribution >= 4 is 15.7 Å². The molecule has 0 radical (unpaired) electrons. The lowest BCUT2D eigenvalue weighted by molar-refractivity contribution is -0.136. The fraction of sp³-hybridized carbons (Fsp3) is 0.455. The van der Waals surface area contributed by atoms with E-state index in [0.29, 0.717) is 0 Å². The molecule has 6 nitrogen and oxygen atoms in total. The molecule has 10 heteroatoms. The Balaban J connectivity index is 3.22. The molecule has 1 rings (SSSR count). The minimum atomic E-state index is -4.73. The third kappa shape index (κ3) is 4.48. The number of benzene rings is 1. The molecule has 0 amide bonds. The molecular weight excluding hydrogens is 313 g/mol. The summed E-state index contributed by atoms with van der Waals surface area (Å²) in [7, 11) is -3.14. The topological polar surface area (TPSA) is 92.9 Å². The van der Waals surface area contributed by atoms with E-state index in [1.807, 2.05) is 0 Å². The lowest BCUT2D eigenvalue weighted by Crippen LogP contribution is -2.40. The lowest BCUT2D eigenvalue weighted by atomic mass is 10.3. The first-order valence-corrected chi connectivity index (χ1v) is 7.17. The molecule has 0 bridgehead atoms. The zero-order valence-electron chi connectivity index (χ0n) is 11.1. The maximum Gasteiger partial charge on any atom is 0.402 e. The summed E-state index contributed by atoms with van der Waals surface area (Å²) in [4.78, 5) is -0.471. The van der Waals surface area contributed by atoms with Crippen LogP contribution in [0, 0.1) is 0 Å². The highest BCUT2D eigenvalue weighted by molar-refractivity contribution is 7.89. The van der Waals surface area contributed by atoms with Gasteiger partial charge < -0.3 is 15.6 Å². The quantitative estimate of drug-likeness (QED) is 0.754. The minimum Gasteiger partial charge on any atom is -0.497 e. The highest BCUT2D eigenvalue weighted by Crippen LogP contribution is 2.28. The maximum atomic E-state index is 12.5. The van der Waals surface area contributed by atoms with Crippen LogP contribution in [0.4, 0.5) is 18.9 Å². The van der Waals surface area contributed by atoms with E-state index in [4.69, 9.17) is 15.6 Å². The van der Waals surface area contributed by atoms with Crippen LogP contribution in [0.3, 0.4) is 0 Å². The average Bonchev–Trinajstić information content (AvgIpc) is 2.36. The van der Waals surface area contributed by atoms with Gasteiger partial charge in [0, 0.05) is 12.6 Å². The molecule has 0 aliphatic carbocycles. The van der Waals surface area contributed by atoms with E-state index in [0.717, 1.165) is 6.07 Å². The van der Waals surface area contributed by atoms with Crippen molar-refractivity contribution in [3.8, 4) is 5.75 Å². The number of nitrogen functional groups attached to an aromatic ring is 1. The number of nitrogens with zero attached hydrogens (tertiary/aromatic N) is 1. The summed E-state index contributed by atoms with van der Waals surface area (Å²) >= 11 is 0. The Morgan fingerprint density at radius 1 is 1.38 bits per heavy atom. The number of hydrogen-bond acceptors (Lipinski definition) is 5. The van der Waals surface area contributed by atoms with Crippen LogP contribution < -0.4 is 10.5 Å². The predicted molar refractivity (Wildman–Crippen MR) is 69.3 cm³/mol. The second-order valence-corrected chi connectivity index (χ2v) is 5.99. The molecule has 0 unspecified atom stereocenters. The third-order valence-electron chi connectivity index (χ3n) is 2.54. The van der Waals surface area contributed by atoms with Crippen molar-refractivity contribution in [3.63, 3.8) is 0 Å². The Kier molecular flexibility index (Phi) is 5.42. The zero-order valence-corrected chi connectivity index (χ0v) is 11.9. The first kappa shape index (κ1) is 17.5. The van der Waals surface area contributed by atoms with Gasteiger partial charge >= 0.3 is 6.18 Å². The molecule has 0 aliphatic heterocycles. The maximum absolute atomic E-state index is 12.5. The van der Waals surface area contributed by atoms with Gasteiger partial charge in [-0.1, -0.05) is 0 Å². The predicted octanol–water partition coefficient (Wildman–Crippen LogP) is 0.823. The van der Waals surface area contributed by atoms with Crippen molar-refractivity contribution in [2.45, 2.75) is 11.1 Å². The van der Waals surface area contributed by atoms with Gasteiger partial charge in [0.1, 0.15) is 17.2 Å². The Morgan fingerprint density at radius 3 is 2.43 bits per heavy atom. The van der Waals surface area contributed by atoms with Crippen LogP contribution >= 0.6 is 0 Å². The van der Waals surface area contributed by atoms with Gasteiger partial charge in [-0.2, -0.15) is 17.5 Å². The molecule has 0 atom stereocenters. The fourth-order valence-corrected chi connectivity index (χ4v) is 3.14. The summed E-state index contributed by atoms with van der Waals surface area (Å²) in [6.45, 7) is -3.14. The summed E-state index contributed by atoms with van der Waals surface area (Å²) in [5.74, 6) is 0.274. The molecule has 0 aliphatic rings. The fourth-order valence-electron chi connectivity index (χ4n) is 1.62. The number of hydrogen-bond donors (Lipinski definition) is 2. The molecule has 0 aromatic heterocycles. The van der Waals surface area contributed by atoms with Crippen LogP contribution in [0.5, 0.6) is 5.75 Å². The van der Waals surface area contributed by atoms with Crippen molar-refractivity contribution in [1.29, 1.82) is 0 Å². The summed E-state index contributed by atoms with van der Waals surface area (Å²) < 4.78 is 66.8. The number of methoxy groups -OCH3 is 1. The first-order valence-electron chi connectivity index (χ1n) is 5.73. The van der Waals surface area contributed by atoms with Crippen molar-refractivity contribution in [2.24, 2.45) is 0 Å². The van der Waals surface area contributed by atoms with Crippen LogP contribution in [0.1, 0.15) is 0 Å². The zero-order chi connectivity index (χ0) is 16.3. The first-order chi connectivity index (χ1) is 9.61. The number of aliphatic hydroxyl groups excluding tert-OH is 1. The molecule has 1 aromatic carbocycles. The van der Waals surface area contributed by atoms with E-state index in [2.05, 4.69) is 0 Å². The van der Waals surface area contributed by atoms with Gasteiger partial charge in [-0.15, -0.1) is 0 Å². The number of ether oxygens (including phenoxy) is 1. The number of nitrogens with two attached hydrogens (primary N) is 1. The van der Waals surface area contributed by atoms with E-state index in [1.165, 1.54) is 19.2 Å². The highest BCUT2D eigenvalue weighted by atomic mass is 32.2. The van der Waals surface area contributed by atoms with Gasteiger partial charge in [0.05, 0.1) is 19.4 Å². The molecule has 0 saturated heterocycles. The number of rotatable bonds is 6. The summed E-state index contributed by atoms with van der Waals surface area (Å²) in [5.41, 5.74) is 5.31. The number of anilines is 1. The van der Waals surface area contributed by atoms with Crippen LogP contribution in [-0.2, 0) is 10.0 Å². The molecule has 120 valence electrons. The van der Waals surface area contributed by atoms with Crippen LogP contribution in [0.15, 0.2) is 23.1 Å². The second-order valence-electron chi connectivity index (χ2n) is 4.08. The SMILES string of the molecule is COc1ccc(S(=O)(=O)N(CCO)CC(F)(F)F)c(N)c1. The van der Waals surface area contributed by atoms with Gasteiger partial charge in [0.25, 0.3) is 0 Å². The number of aliphatic hydroxyl groups is 1. The van der Waals surface area contributed by atoms with Crippen molar-refractivity contribution < 1.29 is 31.4 Å². The largest absolute Gasteiger partial charge is 0.497 e. The molecule has 1 aromatic rings. The number of halogens is 3. The van der Waals surface area contributed by atoms with Gasteiger partial charge in [0.15, 0.2) is 0 Å². The number of alkyl halides is 3. The van der Waals surface area contributed by atoms with E-state index >= 15 is 0 Å². The van der Waals surface area contributed by atoms with Gasteiger partial charge in [-0.25, -0.2) is 8.42 Å². The van der Waals surface area contributed by atoms with Crippen molar-refractivity contribution in [1.82, 2.24) is 4.31 Å². The summed E-state index contributed by atoms with van der Waals surface area (Å²) in [6.07, 6.45) is -4.73. The van der Waals surface area contributed by atoms with E-state index in [-0.39, 0.29) is 15.7 Å². The lowest BCUT2D eigenvalue weighted by Gasteiger charge is -2.23. The number of sulfonamides is 1. The monoisotopic (exact) mass is 328 g/mol. The molecule has 21 heavy (non-hydrogen) atoms. The van der Waals surface area contributed by atoms with E-state index in [1.54, 1.807) is 0 Å². The molecule has 0 heterocycles. The Hall–Kier alpha value is -1.52. The van der Waals surface area contributed by atoms with Crippen molar-refractivity contribution in [3.05, 3.63) is 18.2 Å². The van der Waals surface area contributed by atoms with Gasteiger partial charge in [-0.05, 0) is 12.1 Å². The molecule has 0 saturated carbocycles. The molecule has 3 N–H and O–H groups in total. The molecular formula is C11H15F3N2O4S. The average molecular weight is 328 g/mol. The Labute approximate surface area is 120 Å². The molecule has 0 fully saturated rings. The third-order valence-corrected chi connectivity index (χ3v) is 4.46. The minimum absolute atomic E-state index is 0.130. The summed E-state index contributed by atoms with van der Waals surface area (Å²) in [5, 5.41) is 8.77. The normalized spacial score (nSPS) is 12.7. The van der Waals surface area contributed by atoms with Crippen LogP contribution in [-0.4, -0.2) is 50.8 Å². The highest BCUT2D eigenvalue weighted by Gasteiger charge is 2.37. The van der Waals surface area contributed by atoms with E-state index in [9.17, 15) is 21.6 Å². The smallest absolute Gasteiger partial charge is 0.402 e. The van der Waals surface area contributed by atoms with Crippen LogP contribution in [0.25, 0.3) is 0 Å². The van der Waals surface area contributed by atoms with Gasteiger partial charge in [-0.3, -0.25) is 0 Å². The van der Waals surface area contributed by atoms with Gasteiger partial charge in [0.2, 0.25) is 10.0 Å². The summed E-state index contributed by atoms with van der Waals surface area (Å²) in [6, 6.07) is 3.52. The standard InChI is InChI=1S/C11H15F3N2O4S/c1-20-8-2-3-10(9(15)6-8)21(18,19)16(4-5-17)7-11(12,13)14/h2-3,6,17H,4-5,7,15H2,1H3. The second kappa shape index (κ2) is 6.50. The van der Waals surface area contributed by atoms with E-state index < -0.39 is 40.8 Å².